The van der Waals surface area contributed by atoms with Crippen LogP contribution in [0.25, 0.3) is 0 Å². The first kappa shape index (κ1) is 18.1. The highest BCUT2D eigenvalue weighted by atomic mass is 32.2. The summed E-state index contributed by atoms with van der Waals surface area (Å²) in [6.07, 6.45) is 0.573. The molecule has 0 spiro atoms. The molecule has 1 aliphatic rings. The molecule has 0 N–H and O–H groups in total. The first-order chi connectivity index (χ1) is 12.1. The normalized spacial score (nSPS) is 18.1. The molecular formula is C20H26N2O2S. The Morgan fingerprint density at radius 2 is 1.44 bits per heavy atom. The summed E-state index contributed by atoms with van der Waals surface area (Å²) in [6.45, 7) is 4.90. The molecule has 0 aliphatic carbocycles. The van der Waals surface area contributed by atoms with Crippen molar-refractivity contribution >= 4 is 10.0 Å². The number of benzene rings is 2. The van der Waals surface area contributed by atoms with Crippen LogP contribution in [0.15, 0.2) is 60.7 Å². The molecule has 1 saturated heterocycles. The molecule has 1 heterocycles. The van der Waals surface area contributed by atoms with E-state index in [2.05, 4.69) is 36.1 Å². The van der Waals surface area contributed by atoms with Crippen LogP contribution in [0.4, 0.5) is 0 Å². The minimum absolute atomic E-state index is 0.186. The molecule has 0 aromatic heterocycles. The summed E-state index contributed by atoms with van der Waals surface area (Å²) in [6, 6.07) is 20.5. The average Bonchev–Trinajstić information content (AvgIpc) is 2.67. The Bertz CT molecular complexity index is 755. The van der Waals surface area contributed by atoms with E-state index >= 15 is 0 Å². The standard InChI is InChI=1S/C20H26N2O2S/c1-18(20-10-6-3-7-11-20)21-13-15-22(16-14-21)25(23,24)17-12-19-8-4-2-5-9-19/h2-11,18H,12-17H2,1H3. The highest BCUT2D eigenvalue weighted by Gasteiger charge is 2.28. The third kappa shape index (κ3) is 4.69. The van der Waals surface area contributed by atoms with Crippen molar-refractivity contribution in [2.45, 2.75) is 19.4 Å². The Kier molecular flexibility index (Phi) is 5.89. The van der Waals surface area contributed by atoms with E-state index in [1.807, 2.05) is 36.4 Å². The maximum Gasteiger partial charge on any atom is 0.214 e. The van der Waals surface area contributed by atoms with Crippen LogP contribution in [-0.2, 0) is 16.4 Å². The largest absolute Gasteiger partial charge is 0.294 e. The van der Waals surface area contributed by atoms with Crippen LogP contribution in [0, 0.1) is 0 Å². The molecule has 0 amide bonds. The van der Waals surface area contributed by atoms with Gasteiger partial charge < -0.3 is 0 Å². The van der Waals surface area contributed by atoms with Gasteiger partial charge in [-0.15, -0.1) is 0 Å². The summed E-state index contributed by atoms with van der Waals surface area (Å²) in [4.78, 5) is 2.36. The molecule has 4 nitrogen and oxygen atoms in total. The molecule has 2 aromatic rings. The first-order valence-electron chi connectivity index (χ1n) is 8.87. The van der Waals surface area contributed by atoms with Crippen molar-refractivity contribution < 1.29 is 8.42 Å². The van der Waals surface area contributed by atoms with Gasteiger partial charge in [0, 0.05) is 32.2 Å². The van der Waals surface area contributed by atoms with Crippen molar-refractivity contribution in [1.82, 2.24) is 9.21 Å². The topological polar surface area (TPSA) is 40.6 Å². The lowest BCUT2D eigenvalue weighted by Gasteiger charge is -2.37. The maximum absolute atomic E-state index is 12.6. The molecule has 1 fully saturated rings. The van der Waals surface area contributed by atoms with E-state index in [4.69, 9.17) is 0 Å². The fourth-order valence-corrected chi connectivity index (χ4v) is 4.80. The summed E-state index contributed by atoms with van der Waals surface area (Å²) in [5.74, 6) is 0.186. The number of sulfonamides is 1. The predicted octanol–water partition coefficient (Wildman–Crippen LogP) is 2.94. The van der Waals surface area contributed by atoms with Gasteiger partial charge in [-0.25, -0.2) is 8.42 Å². The predicted molar refractivity (Wildman–Crippen MR) is 102 cm³/mol. The fraction of sp³-hybridized carbons (Fsp3) is 0.400. The smallest absolute Gasteiger partial charge is 0.214 e. The zero-order chi connectivity index (χ0) is 17.7. The van der Waals surface area contributed by atoms with Crippen LogP contribution < -0.4 is 0 Å². The summed E-state index contributed by atoms with van der Waals surface area (Å²) < 4.78 is 26.9. The van der Waals surface area contributed by atoms with Crippen LogP contribution in [0.5, 0.6) is 0 Å². The summed E-state index contributed by atoms with van der Waals surface area (Å²) in [5.41, 5.74) is 2.35. The van der Waals surface area contributed by atoms with Gasteiger partial charge in [-0.2, -0.15) is 4.31 Å². The third-order valence-corrected chi connectivity index (χ3v) is 6.86. The molecule has 0 radical (unpaired) electrons. The molecule has 134 valence electrons. The second-order valence-electron chi connectivity index (χ2n) is 6.57. The zero-order valence-electron chi connectivity index (χ0n) is 14.7. The van der Waals surface area contributed by atoms with Gasteiger partial charge in [0.2, 0.25) is 10.0 Å². The molecular weight excluding hydrogens is 332 g/mol. The number of rotatable bonds is 6. The van der Waals surface area contributed by atoms with Crippen molar-refractivity contribution in [2.75, 3.05) is 31.9 Å². The molecule has 1 unspecified atom stereocenters. The highest BCUT2D eigenvalue weighted by Crippen LogP contribution is 2.22. The van der Waals surface area contributed by atoms with Crippen molar-refractivity contribution in [3.63, 3.8) is 0 Å². The van der Waals surface area contributed by atoms with Crippen LogP contribution in [0.2, 0.25) is 0 Å². The lowest BCUT2D eigenvalue weighted by Crippen LogP contribution is -2.49. The number of nitrogens with zero attached hydrogens (tertiary/aromatic N) is 2. The van der Waals surface area contributed by atoms with Gasteiger partial charge in [-0.3, -0.25) is 4.90 Å². The third-order valence-electron chi connectivity index (χ3n) is 4.99. The molecule has 0 bridgehead atoms. The maximum atomic E-state index is 12.6. The number of hydrogen-bond donors (Lipinski definition) is 0. The van der Waals surface area contributed by atoms with Crippen LogP contribution >= 0.6 is 0 Å². The van der Waals surface area contributed by atoms with Gasteiger partial charge in [0.05, 0.1) is 5.75 Å². The van der Waals surface area contributed by atoms with Gasteiger partial charge in [0.15, 0.2) is 0 Å². The Labute approximate surface area is 151 Å². The molecule has 1 atom stereocenters. The van der Waals surface area contributed by atoms with E-state index in [-0.39, 0.29) is 5.75 Å². The molecule has 3 rings (SSSR count). The number of piperazine rings is 1. The Morgan fingerprint density at radius 1 is 0.880 bits per heavy atom. The SMILES string of the molecule is CC(c1ccccc1)N1CCN(S(=O)(=O)CCc2ccccc2)CC1. The van der Waals surface area contributed by atoms with E-state index in [1.54, 1.807) is 4.31 Å². The Morgan fingerprint density at radius 3 is 2.04 bits per heavy atom. The van der Waals surface area contributed by atoms with Crippen molar-refractivity contribution in [1.29, 1.82) is 0 Å². The van der Waals surface area contributed by atoms with Gasteiger partial charge in [-0.1, -0.05) is 60.7 Å². The minimum Gasteiger partial charge on any atom is -0.294 e. The molecule has 2 aromatic carbocycles. The summed E-state index contributed by atoms with van der Waals surface area (Å²) in [7, 11) is -3.19. The molecule has 0 saturated carbocycles. The first-order valence-corrected chi connectivity index (χ1v) is 10.5. The molecule has 1 aliphatic heterocycles. The van der Waals surface area contributed by atoms with E-state index in [0.717, 1.165) is 18.7 Å². The summed E-state index contributed by atoms with van der Waals surface area (Å²) in [5, 5.41) is 0. The van der Waals surface area contributed by atoms with Gasteiger partial charge in [-0.05, 0) is 24.5 Å². The number of aryl methyl sites for hydroxylation is 1. The fourth-order valence-electron chi connectivity index (χ4n) is 3.33. The average molecular weight is 359 g/mol. The quantitative estimate of drug-likeness (QED) is 0.797. The van der Waals surface area contributed by atoms with Crippen LogP contribution in [0.3, 0.4) is 0 Å². The van der Waals surface area contributed by atoms with Gasteiger partial charge in [0.25, 0.3) is 0 Å². The van der Waals surface area contributed by atoms with Crippen molar-refractivity contribution in [3.8, 4) is 0 Å². The highest BCUT2D eigenvalue weighted by molar-refractivity contribution is 7.89. The Hall–Kier alpha value is -1.69. The minimum atomic E-state index is -3.19. The van der Waals surface area contributed by atoms with E-state index < -0.39 is 10.0 Å². The van der Waals surface area contributed by atoms with E-state index in [9.17, 15) is 8.42 Å². The Balaban J connectivity index is 1.54. The van der Waals surface area contributed by atoms with Crippen molar-refractivity contribution in [2.24, 2.45) is 0 Å². The monoisotopic (exact) mass is 358 g/mol. The lowest BCUT2D eigenvalue weighted by atomic mass is 10.1. The molecule has 5 heteroatoms. The van der Waals surface area contributed by atoms with E-state index in [0.29, 0.717) is 25.6 Å². The van der Waals surface area contributed by atoms with Crippen LogP contribution in [0.1, 0.15) is 24.1 Å². The van der Waals surface area contributed by atoms with Crippen LogP contribution in [-0.4, -0.2) is 49.6 Å². The van der Waals surface area contributed by atoms with Gasteiger partial charge in [0.1, 0.15) is 0 Å². The lowest BCUT2D eigenvalue weighted by molar-refractivity contribution is 0.146. The summed E-state index contributed by atoms with van der Waals surface area (Å²) >= 11 is 0. The van der Waals surface area contributed by atoms with Gasteiger partial charge >= 0.3 is 0 Å². The van der Waals surface area contributed by atoms with Crippen molar-refractivity contribution in [3.05, 3.63) is 71.8 Å². The second kappa shape index (κ2) is 8.13. The second-order valence-corrected chi connectivity index (χ2v) is 8.66. The zero-order valence-corrected chi connectivity index (χ0v) is 15.5. The molecule has 25 heavy (non-hydrogen) atoms. The van der Waals surface area contributed by atoms with E-state index in [1.165, 1.54) is 5.56 Å². The number of hydrogen-bond acceptors (Lipinski definition) is 3.